The molecule has 1 atom stereocenters. The maximum absolute atomic E-state index is 11.0. The summed E-state index contributed by atoms with van der Waals surface area (Å²) in [5.74, 6) is -0.180. The summed E-state index contributed by atoms with van der Waals surface area (Å²) in [6, 6.07) is 2.50. The van der Waals surface area contributed by atoms with Crippen LogP contribution in [-0.4, -0.2) is 16.6 Å². The normalized spacial score (nSPS) is 20.2. The maximum Gasteiger partial charge on any atom is 0.278 e. The summed E-state index contributed by atoms with van der Waals surface area (Å²) in [5.41, 5.74) is 0.230. The molecule has 0 radical (unpaired) electrons. The molecule has 92 valence electrons. The minimum atomic E-state index is -0.484. The number of aromatic hydroxyl groups is 1. The molecule has 1 aliphatic heterocycles. The number of rotatable bonds is 2. The largest absolute Gasteiger partial charge is 0.506 e. The lowest BCUT2D eigenvalue weighted by molar-refractivity contribution is -0.385. The van der Waals surface area contributed by atoms with Gasteiger partial charge in [0.25, 0.3) is 5.69 Å². The van der Waals surface area contributed by atoms with Crippen LogP contribution < -0.4 is 5.32 Å². The fourth-order valence-corrected chi connectivity index (χ4v) is 2.34. The van der Waals surface area contributed by atoms with Gasteiger partial charge in [0.05, 0.1) is 15.5 Å². The minimum Gasteiger partial charge on any atom is -0.506 e. The molecule has 1 aromatic carbocycles. The first-order valence-corrected chi connectivity index (χ1v) is 5.88. The molecule has 0 unspecified atom stereocenters. The topological polar surface area (TPSA) is 75.4 Å². The predicted molar refractivity (Wildman–Crippen MR) is 64.4 cm³/mol. The zero-order valence-electron chi connectivity index (χ0n) is 9.15. The van der Waals surface area contributed by atoms with E-state index < -0.39 is 4.92 Å². The molecule has 2 rings (SSSR count). The molecule has 5 nitrogen and oxygen atoms in total. The van der Waals surface area contributed by atoms with Crippen LogP contribution in [0, 0.1) is 10.1 Å². The van der Waals surface area contributed by atoms with E-state index >= 15 is 0 Å². The van der Waals surface area contributed by atoms with Gasteiger partial charge in [0.15, 0.2) is 0 Å². The fourth-order valence-electron chi connectivity index (χ4n) is 2.17. The van der Waals surface area contributed by atoms with Crippen molar-refractivity contribution in [3.63, 3.8) is 0 Å². The van der Waals surface area contributed by atoms with E-state index in [1.165, 1.54) is 12.1 Å². The molecule has 0 spiro atoms. The van der Waals surface area contributed by atoms with Crippen LogP contribution >= 0.6 is 11.6 Å². The highest BCUT2D eigenvalue weighted by Gasteiger charge is 2.28. The van der Waals surface area contributed by atoms with Gasteiger partial charge in [0.1, 0.15) is 5.75 Å². The first-order chi connectivity index (χ1) is 8.11. The lowest BCUT2D eigenvalue weighted by atomic mass is 9.95. The number of nitro groups is 1. The number of benzene rings is 1. The molecule has 0 amide bonds. The van der Waals surface area contributed by atoms with Crippen molar-refractivity contribution in [1.29, 1.82) is 0 Å². The van der Waals surface area contributed by atoms with Gasteiger partial charge >= 0.3 is 0 Å². The zero-order chi connectivity index (χ0) is 12.4. The molecule has 17 heavy (non-hydrogen) atoms. The summed E-state index contributed by atoms with van der Waals surface area (Å²) in [6.07, 6.45) is 2.81. The molecule has 1 saturated heterocycles. The van der Waals surface area contributed by atoms with E-state index in [4.69, 9.17) is 11.6 Å². The van der Waals surface area contributed by atoms with E-state index in [-0.39, 0.29) is 22.5 Å². The van der Waals surface area contributed by atoms with E-state index in [1.807, 2.05) is 0 Å². The van der Waals surface area contributed by atoms with Crippen molar-refractivity contribution in [3.8, 4) is 5.75 Å². The maximum atomic E-state index is 11.0. The molecule has 2 N–H and O–H groups in total. The average Bonchev–Trinajstić information content (AvgIpc) is 2.33. The lowest BCUT2D eigenvalue weighted by Crippen LogP contribution is -2.27. The number of hydrogen-bond donors (Lipinski definition) is 2. The predicted octanol–water partition coefficient (Wildman–Crippen LogP) is 2.77. The summed E-state index contributed by atoms with van der Waals surface area (Å²) in [4.78, 5) is 10.5. The van der Waals surface area contributed by atoms with Crippen LogP contribution in [-0.2, 0) is 0 Å². The number of piperidine rings is 1. The van der Waals surface area contributed by atoms with Crippen molar-refractivity contribution in [2.24, 2.45) is 0 Å². The van der Waals surface area contributed by atoms with Gasteiger partial charge in [-0.25, -0.2) is 0 Å². The second kappa shape index (κ2) is 4.89. The Morgan fingerprint density at radius 2 is 2.24 bits per heavy atom. The second-order valence-corrected chi connectivity index (χ2v) is 4.50. The number of halogens is 1. The first kappa shape index (κ1) is 12.1. The van der Waals surface area contributed by atoms with Gasteiger partial charge in [-0.15, -0.1) is 0 Å². The standard InChI is InChI=1S/C11H13ClN2O3/c12-7-4-5-9(14(16)17)10(11(7)15)8-3-1-2-6-13-8/h4-5,8,13,15H,1-3,6H2/t8-/m0/s1. The van der Waals surface area contributed by atoms with Crippen LogP contribution in [0.5, 0.6) is 5.75 Å². The van der Waals surface area contributed by atoms with E-state index in [2.05, 4.69) is 5.32 Å². The Labute approximate surface area is 104 Å². The molecule has 1 heterocycles. The van der Waals surface area contributed by atoms with Gasteiger partial charge in [0.2, 0.25) is 0 Å². The Morgan fingerprint density at radius 3 is 2.82 bits per heavy atom. The third-order valence-corrected chi connectivity index (χ3v) is 3.31. The number of phenols is 1. The molecule has 6 heteroatoms. The van der Waals surface area contributed by atoms with Gasteiger partial charge in [-0.05, 0) is 25.5 Å². The Balaban J connectivity index is 2.48. The Bertz CT molecular complexity index is 445. The molecule has 0 aromatic heterocycles. The van der Waals surface area contributed by atoms with E-state index in [9.17, 15) is 15.2 Å². The second-order valence-electron chi connectivity index (χ2n) is 4.09. The van der Waals surface area contributed by atoms with Crippen molar-refractivity contribution in [2.75, 3.05) is 6.54 Å². The van der Waals surface area contributed by atoms with Crippen LogP contribution in [0.3, 0.4) is 0 Å². The van der Waals surface area contributed by atoms with Crippen LogP contribution in [0.15, 0.2) is 12.1 Å². The van der Waals surface area contributed by atoms with Crippen molar-refractivity contribution >= 4 is 17.3 Å². The van der Waals surface area contributed by atoms with Gasteiger partial charge in [0, 0.05) is 12.1 Å². The zero-order valence-corrected chi connectivity index (χ0v) is 9.91. The number of phenolic OH excluding ortho intramolecular Hbond substituents is 1. The number of nitrogens with zero attached hydrogens (tertiary/aromatic N) is 1. The van der Waals surface area contributed by atoms with E-state index in [1.54, 1.807) is 0 Å². The summed E-state index contributed by atoms with van der Waals surface area (Å²) < 4.78 is 0. The highest BCUT2D eigenvalue weighted by Crippen LogP contribution is 2.40. The fraction of sp³-hybridized carbons (Fsp3) is 0.455. The number of nitro benzene ring substituents is 1. The van der Waals surface area contributed by atoms with Crippen LogP contribution in [0.4, 0.5) is 5.69 Å². The lowest BCUT2D eigenvalue weighted by Gasteiger charge is -2.24. The van der Waals surface area contributed by atoms with Crippen molar-refractivity contribution in [1.82, 2.24) is 5.32 Å². The smallest absolute Gasteiger partial charge is 0.278 e. The van der Waals surface area contributed by atoms with Crippen molar-refractivity contribution < 1.29 is 10.0 Å². The number of nitrogens with one attached hydrogen (secondary N) is 1. The van der Waals surface area contributed by atoms with Crippen molar-refractivity contribution in [2.45, 2.75) is 25.3 Å². The van der Waals surface area contributed by atoms with Gasteiger partial charge in [-0.3, -0.25) is 10.1 Å². The Hall–Kier alpha value is -1.33. The van der Waals surface area contributed by atoms with E-state index in [0.29, 0.717) is 5.56 Å². The summed E-state index contributed by atoms with van der Waals surface area (Å²) in [5, 5.41) is 24.2. The first-order valence-electron chi connectivity index (χ1n) is 5.50. The van der Waals surface area contributed by atoms with Gasteiger partial charge < -0.3 is 10.4 Å². The molecule has 0 saturated carbocycles. The molecule has 0 aliphatic carbocycles. The SMILES string of the molecule is O=[N+]([O-])c1ccc(Cl)c(O)c1[C@@H]1CCCCN1. The highest BCUT2D eigenvalue weighted by molar-refractivity contribution is 6.32. The van der Waals surface area contributed by atoms with Crippen molar-refractivity contribution in [3.05, 3.63) is 32.8 Å². The molecule has 1 aromatic rings. The molecular weight excluding hydrogens is 244 g/mol. The Kier molecular flexibility index (Phi) is 3.49. The average molecular weight is 257 g/mol. The minimum absolute atomic E-state index is 0.0775. The third-order valence-electron chi connectivity index (χ3n) is 3.00. The van der Waals surface area contributed by atoms with Gasteiger partial charge in [-0.1, -0.05) is 18.0 Å². The van der Waals surface area contributed by atoms with Crippen LogP contribution in [0.1, 0.15) is 30.9 Å². The van der Waals surface area contributed by atoms with E-state index in [0.717, 1.165) is 25.8 Å². The monoisotopic (exact) mass is 256 g/mol. The van der Waals surface area contributed by atoms with Gasteiger partial charge in [-0.2, -0.15) is 0 Å². The third kappa shape index (κ3) is 2.35. The summed E-state index contributed by atoms with van der Waals surface area (Å²) in [7, 11) is 0. The molecule has 1 fully saturated rings. The highest BCUT2D eigenvalue weighted by atomic mass is 35.5. The Morgan fingerprint density at radius 1 is 1.47 bits per heavy atom. The summed E-state index contributed by atoms with van der Waals surface area (Å²) >= 11 is 5.81. The number of hydrogen-bond acceptors (Lipinski definition) is 4. The van der Waals surface area contributed by atoms with Crippen LogP contribution in [0.25, 0.3) is 0 Å². The molecule has 0 bridgehead atoms. The van der Waals surface area contributed by atoms with Crippen LogP contribution in [0.2, 0.25) is 5.02 Å². The molecule has 1 aliphatic rings. The quantitative estimate of drug-likeness (QED) is 0.630. The summed E-state index contributed by atoms with van der Waals surface area (Å²) in [6.45, 7) is 0.799. The molecular formula is C11H13ClN2O3.